The van der Waals surface area contributed by atoms with Gasteiger partial charge in [-0.25, -0.2) is 0 Å². The lowest BCUT2D eigenvalue weighted by molar-refractivity contribution is 0.0767. The van der Waals surface area contributed by atoms with Gasteiger partial charge in [-0.1, -0.05) is 30.3 Å². The second-order valence-electron chi connectivity index (χ2n) is 4.86. The molecule has 20 heavy (non-hydrogen) atoms. The first-order chi connectivity index (χ1) is 9.84. The molecule has 0 spiro atoms. The molecule has 0 saturated carbocycles. The van der Waals surface area contributed by atoms with Crippen LogP contribution in [0.1, 0.15) is 27.6 Å². The Bertz CT molecular complexity index is 553. The predicted octanol–water partition coefficient (Wildman–Crippen LogP) is 4.07. The predicted molar refractivity (Wildman–Crippen MR) is 86.5 cm³/mol. The van der Waals surface area contributed by atoms with Crippen molar-refractivity contribution in [3.8, 4) is 0 Å². The first kappa shape index (κ1) is 13.7. The zero-order chi connectivity index (χ0) is 13.8. The van der Waals surface area contributed by atoms with Gasteiger partial charge in [0.25, 0.3) is 5.91 Å². The minimum atomic E-state index is 0.181. The molecule has 1 aromatic heterocycles. The second-order valence-corrected chi connectivity index (χ2v) is 6.95. The van der Waals surface area contributed by atoms with Gasteiger partial charge in [-0.3, -0.25) is 4.79 Å². The molecule has 0 radical (unpaired) electrons. The average molecular weight is 303 g/mol. The summed E-state index contributed by atoms with van der Waals surface area (Å²) in [6.07, 6.45) is 1.03. The number of amides is 1. The van der Waals surface area contributed by atoms with E-state index in [-0.39, 0.29) is 5.91 Å². The van der Waals surface area contributed by atoms with E-state index in [0.717, 1.165) is 30.8 Å². The van der Waals surface area contributed by atoms with Gasteiger partial charge in [0.05, 0.1) is 5.56 Å². The largest absolute Gasteiger partial charge is 0.338 e. The van der Waals surface area contributed by atoms with Gasteiger partial charge in [0.1, 0.15) is 0 Å². The molecule has 1 fully saturated rings. The Morgan fingerprint density at radius 3 is 2.75 bits per heavy atom. The van der Waals surface area contributed by atoms with Crippen LogP contribution < -0.4 is 0 Å². The topological polar surface area (TPSA) is 20.3 Å². The van der Waals surface area contributed by atoms with E-state index in [1.54, 1.807) is 11.3 Å². The third-order valence-corrected chi connectivity index (χ3v) is 5.58. The van der Waals surface area contributed by atoms with Crippen LogP contribution >= 0.6 is 23.1 Å². The van der Waals surface area contributed by atoms with Gasteiger partial charge < -0.3 is 4.90 Å². The average Bonchev–Trinajstić information content (AvgIpc) is 2.92. The monoisotopic (exact) mass is 303 g/mol. The van der Waals surface area contributed by atoms with Gasteiger partial charge in [-0.05, 0) is 23.4 Å². The van der Waals surface area contributed by atoms with Gasteiger partial charge >= 0.3 is 0 Å². The van der Waals surface area contributed by atoms with Gasteiger partial charge in [-0.15, -0.1) is 0 Å². The van der Waals surface area contributed by atoms with Crippen molar-refractivity contribution in [2.24, 2.45) is 0 Å². The number of benzene rings is 1. The van der Waals surface area contributed by atoms with Crippen molar-refractivity contribution in [2.45, 2.75) is 11.7 Å². The minimum Gasteiger partial charge on any atom is -0.338 e. The van der Waals surface area contributed by atoms with Crippen LogP contribution in [0.4, 0.5) is 0 Å². The van der Waals surface area contributed by atoms with E-state index < -0.39 is 0 Å². The Hall–Kier alpha value is -1.26. The quantitative estimate of drug-likeness (QED) is 0.833. The molecule has 4 heteroatoms. The SMILES string of the molecule is O=C(c1ccsc1)N1CCSC(c2ccccc2)CC1. The molecule has 2 heterocycles. The number of hydrogen-bond donors (Lipinski definition) is 0. The zero-order valence-electron chi connectivity index (χ0n) is 11.2. The number of thiophene rings is 1. The Balaban J connectivity index is 1.67. The summed E-state index contributed by atoms with van der Waals surface area (Å²) in [5.74, 6) is 1.19. The molecular weight excluding hydrogens is 286 g/mol. The van der Waals surface area contributed by atoms with Crippen molar-refractivity contribution in [3.05, 3.63) is 58.3 Å². The smallest absolute Gasteiger partial charge is 0.254 e. The molecule has 1 aromatic carbocycles. The van der Waals surface area contributed by atoms with E-state index in [0.29, 0.717) is 5.25 Å². The first-order valence-corrected chi connectivity index (χ1v) is 8.82. The van der Waals surface area contributed by atoms with Gasteiger partial charge in [-0.2, -0.15) is 23.1 Å². The van der Waals surface area contributed by atoms with Gasteiger partial charge in [0, 0.05) is 29.5 Å². The summed E-state index contributed by atoms with van der Waals surface area (Å²) in [5.41, 5.74) is 2.21. The third-order valence-electron chi connectivity index (χ3n) is 3.57. The number of carbonyl (C=O) groups is 1. The Morgan fingerprint density at radius 1 is 1.15 bits per heavy atom. The maximum atomic E-state index is 12.4. The van der Waals surface area contributed by atoms with Crippen molar-refractivity contribution in [1.29, 1.82) is 0 Å². The van der Waals surface area contributed by atoms with E-state index in [1.807, 2.05) is 33.5 Å². The van der Waals surface area contributed by atoms with E-state index in [2.05, 4.69) is 30.3 Å². The molecule has 2 nitrogen and oxygen atoms in total. The normalized spacial score (nSPS) is 19.6. The number of nitrogens with zero attached hydrogens (tertiary/aromatic N) is 1. The Kier molecular flexibility index (Phi) is 4.43. The van der Waals surface area contributed by atoms with Gasteiger partial charge in [0.15, 0.2) is 0 Å². The summed E-state index contributed by atoms with van der Waals surface area (Å²) in [4.78, 5) is 14.4. The fourth-order valence-corrected chi connectivity index (χ4v) is 4.34. The highest BCUT2D eigenvalue weighted by Crippen LogP contribution is 2.34. The summed E-state index contributed by atoms with van der Waals surface area (Å²) >= 11 is 3.55. The molecule has 3 rings (SSSR count). The van der Waals surface area contributed by atoms with E-state index in [4.69, 9.17) is 0 Å². The van der Waals surface area contributed by atoms with E-state index in [1.165, 1.54) is 5.56 Å². The molecule has 1 unspecified atom stereocenters. The first-order valence-electron chi connectivity index (χ1n) is 6.82. The lowest BCUT2D eigenvalue weighted by Crippen LogP contribution is -2.32. The van der Waals surface area contributed by atoms with Crippen molar-refractivity contribution < 1.29 is 4.79 Å². The molecule has 0 N–H and O–H groups in total. The Morgan fingerprint density at radius 2 is 2.00 bits per heavy atom. The summed E-state index contributed by atoms with van der Waals surface area (Å²) < 4.78 is 0. The van der Waals surface area contributed by atoms with Crippen LogP contribution in [0.3, 0.4) is 0 Å². The lowest BCUT2D eigenvalue weighted by atomic mass is 10.1. The minimum absolute atomic E-state index is 0.181. The lowest BCUT2D eigenvalue weighted by Gasteiger charge is -2.19. The number of carbonyl (C=O) groups excluding carboxylic acids is 1. The molecule has 1 aliphatic rings. The summed E-state index contributed by atoms with van der Waals surface area (Å²) in [7, 11) is 0. The summed E-state index contributed by atoms with van der Waals surface area (Å²) in [6, 6.07) is 12.5. The molecule has 0 bridgehead atoms. The highest BCUT2D eigenvalue weighted by molar-refractivity contribution is 7.99. The van der Waals surface area contributed by atoms with Crippen molar-refractivity contribution in [2.75, 3.05) is 18.8 Å². The highest BCUT2D eigenvalue weighted by Gasteiger charge is 2.22. The highest BCUT2D eigenvalue weighted by atomic mass is 32.2. The van der Waals surface area contributed by atoms with Crippen LogP contribution in [0.5, 0.6) is 0 Å². The number of rotatable bonds is 2. The van der Waals surface area contributed by atoms with E-state index >= 15 is 0 Å². The van der Waals surface area contributed by atoms with Crippen LogP contribution in [0.2, 0.25) is 0 Å². The van der Waals surface area contributed by atoms with Gasteiger partial charge in [0.2, 0.25) is 0 Å². The molecular formula is C16H17NOS2. The molecule has 1 saturated heterocycles. The van der Waals surface area contributed by atoms with Crippen molar-refractivity contribution in [1.82, 2.24) is 4.90 Å². The molecule has 2 aromatic rings. The van der Waals surface area contributed by atoms with Crippen LogP contribution in [0, 0.1) is 0 Å². The maximum Gasteiger partial charge on any atom is 0.254 e. The standard InChI is InChI=1S/C16H17NOS2/c18-16(14-7-10-19-12-14)17-8-6-15(20-11-9-17)13-4-2-1-3-5-13/h1-5,7,10,12,15H,6,8-9,11H2. The summed E-state index contributed by atoms with van der Waals surface area (Å²) in [6.45, 7) is 1.70. The van der Waals surface area contributed by atoms with Crippen molar-refractivity contribution >= 4 is 29.0 Å². The number of hydrogen-bond acceptors (Lipinski definition) is 3. The molecule has 1 amide bonds. The third kappa shape index (κ3) is 3.07. The van der Waals surface area contributed by atoms with E-state index in [9.17, 15) is 4.79 Å². The fraction of sp³-hybridized carbons (Fsp3) is 0.312. The number of thioether (sulfide) groups is 1. The van der Waals surface area contributed by atoms with Crippen LogP contribution in [-0.2, 0) is 0 Å². The van der Waals surface area contributed by atoms with Crippen LogP contribution in [0.25, 0.3) is 0 Å². The second kappa shape index (κ2) is 6.46. The molecule has 1 aliphatic heterocycles. The van der Waals surface area contributed by atoms with Crippen LogP contribution in [0.15, 0.2) is 47.2 Å². The zero-order valence-corrected chi connectivity index (χ0v) is 12.8. The molecule has 0 aliphatic carbocycles. The maximum absolute atomic E-state index is 12.4. The van der Waals surface area contributed by atoms with Crippen molar-refractivity contribution in [3.63, 3.8) is 0 Å². The molecule has 104 valence electrons. The summed E-state index contributed by atoms with van der Waals surface area (Å²) in [5, 5.41) is 4.42. The Labute approximate surface area is 127 Å². The molecule has 1 atom stereocenters. The fourth-order valence-electron chi connectivity index (χ4n) is 2.48. The van der Waals surface area contributed by atoms with Crippen LogP contribution in [-0.4, -0.2) is 29.6 Å².